The first-order valence-corrected chi connectivity index (χ1v) is 8.32. The predicted molar refractivity (Wildman–Crippen MR) is 98.1 cm³/mol. The summed E-state index contributed by atoms with van der Waals surface area (Å²) < 4.78 is 24.1. The van der Waals surface area contributed by atoms with Crippen molar-refractivity contribution in [3.63, 3.8) is 0 Å². The quantitative estimate of drug-likeness (QED) is 0.559. The first-order chi connectivity index (χ1) is 13.2. The van der Waals surface area contributed by atoms with Crippen molar-refractivity contribution in [3.05, 3.63) is 90.1 Å². The lowest BCUT2D eigenvalue weighted by Crippen LogP contribution is -2.22. The lowest BCUT2D eigenvalue weighted by Gasteiger charge is -2.05. The molecular formula is C21H15FN2O3. The molecule has 2 aromatic carbocycles. The number of rotatable bonds is 5. The molecule has 0 saturated heterocycles. The number of carbonyl (C=O) groups is 1. The predicted octanol–water partition coefficient (Wildman–Crippen LogP) is 4.69. The van der Waals surface area contributed by atoms with Gasteiger partial charge in [-0.15, -0.1) is 0 Å². The molecule has 1 N–H and O–H groups in total. The summed E-state index contributed by atoms with van der Waals surface area (Å²) in [6.45, 7) is 0.205. The summed E-state index contributed by atoms with van der Waals surface area (Å²) in [5.74, 6) is 0.477. The van der Waals surface area contributed by atoms with Gasteiger partial charge < -0.3 is 14.5 Å². The highest BCUT2D eigenvalue weighted by Crippen LogP contribution is 2.24. The van der Waals surface area contributed by atoms with Crippen LogP contribution in [0.3, 0.4) is 0 Å². The molecule has 134 valence electrons. The number of benzene rings is 2. The molecule has 27 heavy (non-hydrogen) atoms. The molecule has 0 aliphatic heterocycles. The second-order valence-corrected chi connectivity index (χ2v) is 5.87. The SMILES string of the molecule is O=C(NCc1ccc(Oc2cccc(F)c2)o1)c1ccc2ncccc2c1. The van der Waals surface area contributed by atoms with Gasteiger partial charge in [-0.2, -0.15) is 0 Å². The summed E-state index contributed by atoms with van der Waals surface area (Å²) >= 11 is 0. The third-order valence-corrected chi connectivity index (χ3v) is 3.94. The fraction of sp³-hybridized carbons (Fsp3) is 0.0476. The molecule has 4 aromatic rings. The number of fused-ring (bicyclic) bond motifs is 1. The van der Waals surface area contributed by atoms with Crippen molar-refractivity contribution in [1.29, 1.82) is 0 Å². The number of amides is 1. The van der Waals surface area contributed by atoms with Crippen molar-refractivity contribution in [2.24, 2.45) is 0 Å². The minimum absolute atomic E-state index is 0.205. The zero-order valence-electron chi connectivity index (χ0n) is 14.2. The number of aromatic nitrogens is 1. The van der Waals surface area contributed by atoms with Gasteiger partial charge in [0.15, 0.2) is 0 Å². The normalized spacial score (nSPS) is 10.7. The maximum absolute atomic E-state index is 13.2. The van der Waals surface area contributed by atoms with E-state index in [-0.39, 0.29) is 18.4 Å². The average molecular weight is 362 g/mol. The van der Waals surface area contributed by atoms with Gasteiger partial charge in [-0.3, -0.25) is 9.78 Å². The highest BCUT2D eigenvalue weighted by Gasteiger charge is 2.09. The van der Waals surface area contributed by atoms with E-state index in [1.807, 2.05) is 18.2 Å². The summed E-state index contributed by atoms with van der Waals surface area (Å²) in [4.78, 5) is 16.6. The third kappa shape index (κ3) is 3.95. The number of carbonyl (C=O) groups excluding carboxylic acids is 1. The van der Waals surface area contributed by atoms with E-state index in [2.05, 4.69) is 10.3 Å². The second-order valence-electron chi connectivity index (χ2n) is 5.87. The fourth-order valence-electron chi connectivity index (χ4n) is 2.64. The summed E-state index contributed by atoms with van der Waals surface area (Å²) in [5.41, 5.74) is 1.37. The lowest BCUT2D eigenvalue weighted by molar-refractivity contribution is 0.0947. The molecule has 2 heterocycles. The molecule has 0 spiro atoms. The number of nitrogens with zero attached hydrogens (tertiary/aromatic N) is 1. The maximum atomic E-state index is 13.2. The molecule has 6 heteroatoms. The number of pyridine rings is 1. The molecule has 0 atom stereocenters. The number of ether oxygens (including phenoxy) is 1. The molecular weight excluding hydrogens is 347 g/mol. The summed E-state index contributed by atoms with van der Waals surface area (Å²) in [6.07, 6.45) is 1.71. The zero-order valence-corrected chi connectivity index (χ0v) is 14.2. The second kappa shape index (κ2) is 7.29. The number of furan rings is 1. The Morgan fingerprint density at radius 2 is 2.00 bits per heavy atom. The Hall–Kier alpha value is -3.67. The van der Waals surface area contributed by atoms with Gasteiger partial charge in [0.05, 0.1) is 12.1 Å². The monoisotopic (exact) mass is 362 g/mol. The van der Waals surface area contributed by atoms with Crippen LogP contribution in [-0.4, -0.2) is 10.9 Å². The molecule has 0 radical (unpaired) electrons. The number of hydrogen-bond acceptors (Lipinski definition) is 4. The van der Waals surface area contributed by atoms with E-state index in [1.54, 1.807) is 42.6 Å². The highest BCUT2D eigenvalue weighted by molar-refractivity contribution is 5.97. The van der Waals surface area contributed by atoms with Crippen molar-refractivity contribution in [2.75, 3.05) is 0 Å². The van der Waals surface area contributed by atoms with Crippen LogP contribution in [0.25, 0.3) is 10.9 Å². The Bertz CT molecular complexity index is 1110. The van der Waals surface area contributed by atoms with Crippen LogP contribution in [0.1, 0.15) is 16.1 Å². The molecule has 5 nitrogen and oxygen atoms in total. The Morgan fingerprint density at radius 1 is 1.07 bits per heavy atom. The molecule has 4 rings (SSSR count). The Morgan fingerprint density at radius 3 is 2.89 bits per heavy atom. The largest absolute Gasteiger partial charge is 0.429 e. The van der Waals surface area contributed by atoms with Gasteiger partial charge in [0.2, 0.25) is 0 Å². The molecule has 0 fully saturated rings. The highest BCUT2D eigenvalue weighted by atomic mass is 19.1. The molecule has 1 amide bonds. The van der Waals surface area contributed by atoms with Crippen LogP contribution in [0.2, 0.25) is 0 Å². The van der Waals surface area contributed by atoms with Crippen LogP contribution >= 0.6 is 0 Å². The molecule has 2 aromatic heterocycles. The van der Waals surface area contributed by atoms with Crippen LogP contribution in [0.5, 0.6) is 11.7 Å². The minimum atomic E-state index is -0.392. The average Bonchev–Trinajstić information content (AvgIpc) is 3.13. The smallest absolute Gasteiger partial charge is 0.290 e. The third-order valence-electron chi connectivity index (χ3n) is 3.94. The van der Waals surface area contributed by atoms with E-state index in [0.29, 0.717) is 17.1 Å². The van der Waals surface area contributed by atoms with Gasteiger partial charge in [-0.1, -0.05) is 12.1 Å². The Balaban J connectivity index is 1.39. The summed E-state index contributed by atoms with van der Waals surface area (Å²) in [7, 11) is 0. The number of halogens is 1. The van der Waals surface area contributed by atoms with Crippen LogP contribution in [0.4, 0.5) is 4.39 Å². The fourth-order valence-corrected chi connectivity index (χ4v) is 2.64. The first kappa shape index (κ1) is 16.8. The van der Waals surface area contributed by atoms with E-state index >= 15 is 0 Å². The first-order valence-electron chi connectivity index (χ1n) is 8.32. The molecule has 0 aliphatic carbocycles. The van der Waals surface area contributed by atoms with Crippen LogP contribution in [-0.2, 0) is 6.54 Å². The Kier molecular flexibility index (Phi) is 4.53. The van der Waals surface area contributed by atoms with Crippen LogP contribution < -0.4 is 10.1 Å². The molecule has 0 unspecified atom stereocenters. The van der Waals surface area contributed by atoms with Crippen molar-refractivity contribution in [3.8, 4) is 11.7 Å². The number of nitrogens with one attached hydrogen (secondary N) is 1. The standard InChI is InChI=1S/C21H15FN2O3/c22-16-4-1-5-17(12-16)26-20-9-7-18(27-20)13-24-21(25)15-6-8-19-14(11-15)3-2-10-23-19/h1-12H,13H2,(H,24,25). The van der Waals surface area contributed by atoms with E-state index in [9.17, 15) is 9.18 Å². The van der Waals surface area contributed by atoms with Gasteiger partial charge in [0.25, 0.3) is 11.9 Å². The van der Waals surface area contributed by atoms with Gasteiger partial charge in [-0.05, 0) is 42.5 Å². The van der Waals surface area contributed by atoms with Crippen molar-refractivity contribution >= 4 is 16.8 Å². The van der Waals surface area contributed by atoms with E-state index in [4.69, 9.17) is 9.15 Å². The van der Waals surface area contributed by atoms with Gasteiger partial charge >= 0.3 is 0 Å². The molecule has 0 bridgehead atoms. The Labute approximate surface area is 154 Å². The van der Waals surface area contributed by atoms with Crippen LogP contribution in [0, 0.1) is 5.82 Å². The zero-order chi connectivity index (χ0) is 18.6. The lowest BCUT2D eigenvalue weighted by atomic mass is 10.1. The van der Waals surface area contributed by atoms with Crippen molar-refractivity contribution < 1.29 is 18.3 Å². The molecule has 0 aliphatic rings. The minimum Gasteiger partial charge on any atom is -0.429 e. The molecule has 0 saturated carbocycles. The van der Waals surface area contributed by atoms with Crippen LogP contribution in [0.15, 0.2) is 77.3 Å². The van der Waals surface area contributed by atoms with E-state index < -0.39 is 5.82 Å². The van der Waals surface area contributed by atoms with Gasteiger partial charge in [0.1, 0.15) is 17.3 Å². The van der Waals surface area contributed by atoms with Gasteiger partial charge in [-0.25, -0.2) is 4.39 Å². The summed E-state index contributed by atoms with van der Waals surface area (Å²) in [5, 5.41) is 3.69. The van der Waals surface area contributed by atoms with Crippen molar-refractivity contribution in [2.45, 2.75) is 6.54 Å². The van der Waals surface area contributed by atoms with Gasteiger partial charge in [0, 0.05) is 29.3 Å². The van der Waals surface area contributed by atoms with E-state index in [0.717, 1.165) is 10.9 Å². The number of hydrogen-bond donors (Lipinski definition) is 1. The maximum Gasteiger partial charge on any atom is 0.290 e. The topological polar surface area (TPSA) is 64.4 Å². The van der Waals surface area contributed by atoms with Crippen molar-refractivity contribution in [1.82, 2.24) is 10.3 Å². The summed E-state index contributed by atoms with van der Waals surface area (Å²) in [6, 6.07) is 18.1. The van der Waals surface area contributed by atoms with E-state index in [1.165, 1.54) is 12.1 Å².